The third kappa shape index (κ3) is 4.58. The number of halogens is 1. The number of hydrogen-bond acceptors (Lipinski definition) is 5. The third-order valence-corrected chi connectivity index (χ3v) is 4.72. The fourth-order valence-corrected chi connectivity index (χ4v) is 3.13. The van der Waals surface area contributed by atoms with E-state index in [-0.39, 0.29) is 30.0 Å². The highest BCUT2D eigenvalue weighted by atomic mass is 19.1. The molecule has 0 aliphatic heterocycles. The highest BCUT2D eigenvalue weighted by molar-refractivity contribution is 5.96. The van der Waals surface area contributed by atoms with Crippen molar-refractivity contribution in [3.63, 3.8) is 0 Å². The van der Waals surface area contributed by atoms with Gasteiger partial charge in [0.15, 0.2) is 0 Å². The van der Waals surface area contributed by atoms with Crippen molar-refractivity contribution in [3.8, 4) is 11.3 Å². The molecule has 4 rings (SSSR count). The number of nitrogens with one attached hydrogen (secondary N) is 1. The van der Waals surface area contributed by atoms with Crippen molar-refractivity contribution < 1.29 is 13.6 Å². The molecular weight excluding hydrogens is 401 g/mol. The number of aryl methyl sites for hydroxylation is 1. The van der Waals surface area contributed by atoms with Gasteiger partial charge >= 0.3 is 5.63 Å². The molecular formula is C23H18FN3O4. The van der Waals surface area contributed by atoms with Crippen LogP contribution in [0.3, 0.4) is 0 Å². The van der Waals surface area contributed by atoms with Crippen LogP contribution in [0.2, 0.25) is 0 Å². The molecule has 2 aromatic carbocycles. The summed E-state index contributed by atoms with van der Waals surface area (Å²) in [5, 5.41) is 7.62. The van der Waals surface area contributed by atoms with Gasteiger partial charge in [-0.15, -0.1) is 0 Å². The molecule has 7 nitrogen and oxygen atoms in total. The fraction of sp³-hybridized carbons (Fsp3) is 0.130. The Labute approximate surface area is 175 Å². The molecule has 0 bridgehead atoms. The first kappa shape index (κ1) is 20.2. The molecule has 0 aliphatic rings. The summed E-state index contributed by atoms with van der Waals surface area (Å²) >= 11 is 0. The minimum atomic E-state index is -0.707. The monoisotopic (exact) mass is 419 g/mol. The van der Waals surface area contributed by atoms with Crippen LogP contribution in [0.25, 0.3) is 22.2 Å². The van der Waals surface area contributed by atoms with Crippen molar-refractivity contribution in [1.29, 1.82) is 0 Å². The molecule has 2 heterocycles. The van der Waals surface area contributed by atoms with Crippen molar-refractivity contribution in [1.82, 2.24) is 15.1 Å². The van der Waals surface area contributed by atoms with E-state index in [9.17, 15) is 18.8 Å². The molecule has 0 spiro atoms. The molecule has 2 aromatic heterocycles. The molecule has 8 heteroatoms. The van der Waals surface area contributed by atoms with Crippen molar-refractivity contribution in [2.45, 2.75) is 13.0 Å². The zero-order chi connectivity index (χ0) is 21.8. The van der Waals surface area contributed by atoms with Gasteiger partial charge in [0.1, 0.15) is 17.0 Å². The molecule has 31 heavy (non-hydrogen) atoms. The molecule has 1 amide bonds. The number of nitrogens with zero attached hydrogens (tertiary/aromatic N) is 2. The van der Waals surface area contributed by atoms with E-state index >= 15 is 0 Å². The summed E-state index contributed by atoms with van der Waals surface area (Å²) in [4.78, 5) is 36.5. The molecule has 1 N–H and O–H groups in total. The largest absolute Gasteiger partial charge is 0.422 e. The number of aromatic nitrogens is 2. The van der Waals surface area contributed by atoms with Crippen molar-refractivity contribution in [2.24, 2.45) is 0 Å². The van der Waals surface area contributed by atoms with Crippen LogP contribution < -0.4 is 16.5 Å². The van der Waals surface area contributed by atoms with Crippen LogP contribution >= 0.6 is 0 Å². The van der Waals surface area contributed by atoms with E-state index in [2.05, 4.69) is 10.4 Å². The van der Waals surface area contributed by atoms with Gasteiger partial charge in [0.05, 0.1) is 5.69 Å². The fourth-order valence-electron chi connectivity index (χ4n) is 3.13. The zero-order valence-electron chi connectivity index (χ0n) is 16.4. The first-order valence-electron chi connectivity index (χ1n) is 9.66. The number of hydrogen-bond donors (Lipinski definition) is 1. The highest BCUT2D eigenvalue weighted by Crippen LogP contribution is 2.15. The zero-order valence-corrected chi connectivity index (χ0v) is 16.4. The molecule has 0 atom stereocenters. The van der Waals surface area contributed by atoms with Crippen LogP contribution in [-0.2, 0) is 6.54 Å². The van der Waals surface area contributed by atoms with E-state index in [4.69, 9.17) is 4.42 Å². The topological polar surface area (TPSA) is 94.2 Å². The second-order valence-electron chi connectivity index (χ2n) is 6.88. The third-order valence-electron chi connectivity index (χ3n) is 4.72. The lowest BCUT2D eigenvalue weighted by atomic mass is 10.1. The smallest absolute Gasteiger partial charge is 0.349 e. The average molecular weight is 419 g/mol. The quantitative estimate of drug-likeness (QED) is 0.383. The van der Waals surface area contributed by atoms with Gasteiger partial charge in [-0.2, -0.15) is 5.10 Å². The highest BCUT2D eigenvalue weighted by Gasteiger charge is 2.13. The Morgan fingerprint density at radius 2 is 1.81 bits per heavy atom. The average Bonchev–Trinajstić information content (AvgIpc) is 2.77. The lowest BCUT2D eigenvalue weighted by Crippen LogP contribution is -2.30. The van der Waals surface area contributed by atoms with E-state index in [1.54, 1.807) is 42.5 Å². The number of rotatable bonds is 6. The number of benzene rings is 2. The molecule has 0 fully saturated rings. The number of para-hydroxylation sites is 1. The number of fused-ring (bicyclic) bond motifs is 1. The Hall–Kier alpha value is -4.07. The molecule has 156 valence electrons. The summed E-state index contributed by atoms with van der Waals surface area (Å²) in [6.45, 7) is 0.500. The SMILES string of the molecule is O=C(NCCCn1nc(-c2ccc(F)cc2)ccc1=O)c1cc2ccccc2oc1=O. The van der Waals surface area contributed by atoms with Gasteiger partial charge in [0.25, 0.3) is 11.5 Å². The normalized spacial score (nSPS) is 10.9. The van der Waals surface area contributed by atoms with E-state index in [0.717, 1.165) is 0 Å². The van der Waals surface area contributed by atoms with Crippen LogP contribution in [0, 0.1) is 5.82 Å². The van der Waals surface area contributed by atoms with Gasteiger partial charge in [-0.05, 0) is 48.9 Å². The molecule has 4 aromatic rings. The Morgan fingerprint density at radius 1 is 1.03 bits per heavy atom. The summed E-state index contributed by atoms with van der Waals surface area (Å²) in [5.74, 6) is -0.895. The van der Waals surface area contributed by atoms with Crippen LogP contribution in [0.15, 0.2) is 80.7 Å². The second kappa shape index (κ2) is 8.74. The standard InChI is InChI=1S/C23H18FN3O4/c24-17-8-6-15(7-9-17)19-10-11-21(28)27(26-19)13-3-12-25-22(29)18-14-16-4-1-2-5-20(16)31-23(18)30/h1-2,4-11,14H,3,12-13H2,(H,25,29). The van der Waals surface area contributed by atoms with Gasteiger partial charge in [-0.25, -0.2) is 13.9 Å². The minimum Gasteiger partial charge on any atom is -0.422 e. The predicted molar refractivity (Wildman–Crippen MR) is 113 cm³/mol. The number of carbonyl (C=O) groups is 1. The Balaban J connectivity index is 1.40. The van der Waals surface area contributed by atoms with E-state index in [1.165, 1.54) is 28.9 Å². The Bertz CT molecular complexity index is 1360. The molecule has 0 saturated carbocycles. The maximum Gasteiger partial charge on any atom is 0.349 e. The predicted octanol–water partition coefficient (Wildman–Crippen LogP) is 2.98. The van der Waals surface area contributed by atoms with Crippen molar-refractivity contribution in [3.05, 3.63) is 98.9 Å². The lowest BCUT2D eigenvalue weighted by Gasteiger charge is -2.08. The lowest BCUT2D eigenvalue weighted by molar-refractivity contribution is 0.0949. The van der Waals surface area contributed by atoms with Crippen LogP contribution in [0.4, 0.5) is 4.39 Å². The van der Waals surface area contributed by atoms with Crippen LogP contribution in [0.5, 0.6) is 0 Å². The van der Waals surface area contributed by atoms with Gasteiger partial charge in [-0.3, -0.25) is 9.59 Å². The van der Waals surface area contributed by atoms with Gasteiger partial charge in [0.2, 0.25) is 0 Å². The molecule has 0 saturated heterocycles. The molecule has 0 radical (unpaired) electrons. The van der Waals surface area contributed by atoms with Gasteiger partial charge in [0, 0.05) is 30.1 Å². The van der Waals surface area contributed by atoms with Crippen LogP contribution in [-0.4, -0.2) is 22.2 Å². The van der Waals surface area contributed by atoms with Crippen LogP contribution in [0.1, 0.15) is 16.8 Å². The molecule has 0 aliphatic carbocycles. The van der Waals surface area contributed by atoms with Crippen molar-refractivity contribution in [2.75, 3.05) is 6.54 Å². The number of carbonyl (C=O) groups excluding carboxylic acids is 1. The minimum absolute atomic E-state index is 0.0766. The summed E-state index contributed by atoms with van der Waals surface area (Å²) in [5.41, 5.74) is 0.570. The van der Waals surface area contributed by atoms with Crippen molar-refractivity contribution >= 4 is 16.9 Å². The second-order valence-corrected chi connectivity index (χ2v) is 6.88. The Morgan fingerprint density at radius 3 is 2.61 bits per heavy atom. The first-order valence-corrected chi connectivity index (χ1v) is 9.66. The number of amides is 1. The van der Waals surface area contributed by atoms with Gasteiger partial charge < -0.3 is 9.73 Å². The summed E-state index contributed by atoms with van der Waals surface area (Å²) in [7, 11) is 0. The maximum atomic E-state index is 13.1. The van der Waals surface area contributed by atoms with E-state index in [0.29, 0.717) is 28.6 Å². The summed E-state index contributed by atoms with van der Waals surface area (Å²) in [6, 6.07) is 17.2. The van der Waals surface area contributed by atoms with E-state index < -0.39 is 11.5 Å². The Kier molecular flexibility index (Phi) is 5.70. The summed E-state index contributed by atoms with van der Waals surface area (Å²) < 4.78 is 19.6. The first-order chi connectivity index (χ1) is 15.0. The molecule has 0 unspecified atom stereocenters. The maximum absolute atomic E-state index is 13.1. The van der Waals surface area contributed by atoms with E-state index in [1.807, 2.05) is 0 Å². The summed E-state index contributed by atoms with van der Waals surface area (Å²) in [6.07, 6.45) is 0.421. The van der Waals surface area contributed by atoms with Gasteiger partial charge in [-0.1, -0.05) is 18.2 Å².